The van der Waals surface area contributed by atoms with Crippen molar-refractivity contribution in [2.45, 2.75) is 112 Å². The minimum Gasteiger partial charge on any atom is -0.478 e. The Morgan fingerprint density at radius 1 is 0.896 bits per heavy atom. The van der Waals surface area contributed by atoms with Gasteiger partial charge < -0.3 is 20.1 Å². The third kappa shape index (κ3) is 5.06. The van der Waals surface area contributed by atoms with E-state index >= 15 is 0 Å². The van der Waals surface area contributed by atoms with Crippen molar-refractivity contribution in [3.63, 3.8) is 0 Å². The monoisotopic (exact) mass is 658 g/mol. The smallest absolute Gasteiger partial charge is 0.407 e. The van der Waals surface area contributed by atoms with Gasteiger partial charge >= 0.3 is 12.1 Å². The summed E-state index contributed by atoms with van der Waals surface area (Å²) in [4.78, 5) is 38.1. The summed E-state index contributed by atoms with van der Waals surface area (Å²) in [5, 5.41) is 12.7. The van der Waals surface area contributed by atoms with Gasteiger partial charge in [0.2, 0.25) is 5.91 Å². The molecule has 0 aromatic heterocycles. The first-order valence-electron chi connectivity index (χ1n) is 19.0. The summed E-state index contributed by atoms with van der Waals surface area (Å²) >= 11 is 0. The summed E-state index contributed by atoms with van der Waals surface area (Å²) in [5.74, 6) is 1.87. The van der Waals surface area contributed by atoms with E-state index in [0.29, 0.717) is 48.7 Å². The molecule has 7 heteroatoms. The molecule has 8 atom stereocenters. The Kier molecular flexibility index (Phi) is 8.34. The van der Waals surface area contributed by atoms with Gasteiger partial charge in [-0.3, -0.25) is 4.79 Å². The zero-order valence-electron chi connectivity index (χ0n) is 30.0. The van der Waals surface area contributed by atoms with Crippen molar-refractivity contribution in [2.24, 2.45) is 50.7 Å². The van der Waals surface area contributed by atoms with Gasteiger partial charge in [-0.25, -0.2) is 9.59 Å². The number of rotatable bonds is 7. The summed E-state index contributed by atoms with van der Waals surface area (Å²) in [5.41, 5.74) is 3.86. The number of aromatic carboxylic acids is 1. The molecule has 7 rings (SSSR count). The fourth-order valence-corrected chi connectivity index (χ4v) is 13.4. The van der Waals surface area contributed by atoms with Crippen molar-refractivity contribution in [3.8, 4) is 0 Å². The molecule has 1 aliphatic heterocycles. The van der Waals surface area contributed by atoms with Crippen LogP contribution in [-0.4, -0.2) is 54.2 Å². The average molecular weight is 659 g/mol. The maximum atomic E-state index is 12.8. The predicted octanol–water partition coefficient (Wildman–Crippen LogP) is 8.58. The molecule has 5 fully saturated rings. The van der Waals surface area contributed by atoms with Gasteiger partial charge in [-0.05, 0) is 138 Å². The van der Waals surface area contributed by atoms with Gasteiger partial charge in [0.05, 0.1) is 12.1 Å². The third-order valence-electron chi connectivity index (χ3n) is 15.9. The molecule has 2 N–H and O–H groups in total. The summed E-state index contributed by atoms with van der Waals surface area (Å²) < 4.78 is 5.56. The number of hydrogen-bond donors (Lipinski definition) is 2. The Morgan fingerprint density at radius 3 is 2.38 bits per heavy atom. The number of ether oxygens (including phenoxy) is 1. The summed E-state index contributed by atoms with van der Waals surface area (Å²) in [6, 6.07) is 7.54. The number of allylic oxidation sites excluding steroid dienone is 2. The van der Waals surface area contributed by atoms with Crippen LogP contribution in [0.15, 0.2) is 30.3 Å². The van der Waals surface area contributed by atoms with Crippen molar-refractivity contribution in [1.29, 1.82) is 0 Å². The number of carboxylic acid groups (broad SMARTS) is 1. The van der Waals surface area contributed by atoms with E-state index in [4.69, 9.17) is 4.74 Å². The van der Waals surface area contributed by atoms with Gasteiger partial charge in [0.25, 0.3) is 0 Å². The van der Waals surface area contributed by atoms with Crippen LogP contribution in [-0.2, 0) is 9.53 Å². The number of carboxylic acids is 1. The molecular weight excluding hydrogens is 600 g/mol. The number of benzene rings is 1. The molecule has 0 bridgehead atoms. The molecule has 5 aliphatic carbocycles. The highest BCUT2D eigenvalue weighted by molar-refractivity contribution is 5.88. The molecule has 6 aliphatic rings. The number of nitrogens with zero attached hydrogens (tertiary/aromatic N) is 1. The van der Waals surface area contributed by atoms with Crippen LogP contribution in [0.2, 0.25) is 0 Å². The standard InChI is InChI=1S/C41H58N2O5/c1-37(2)29(27-10-12-28(13-11-27)35(45)46)16-19-38(3)32(37)17-20-40(5)33(38)15-14-30-31-8-6-18-41(31,22-21-39(30,40)4)26-42-36(47)48-25-24-43-23-7-9-34(43)44/h10-13,16,30-33H,6-9,14-15,17-26H2,1-5H3,(H,42,47)(H,45,46)/t30-,31?,32?,33?,38+,39-,40-,41-/m1/s1. The van der Waals surface area contributed by atoms with Gasteiger partial charge in [0.15, 0.2) is 0 Å². The molecular formula is C41H58N2O5. The molecule has 2 amide bonds. The second-order valence-corrected chi connectivity index (χ2v) is 17.9. The Balaban J connectivity index is 1.06. The molecule has 1 aromatic carbocycles. The van der Waals surface area contributed by atoms with E-state index in [1.807, 2.05) is 12.1 Å². The first-order chi connectivity index (χ1) is 22.8. The number of alkyl carbamates (subject to hydrolysis) is 1. The number of likely N-dealkylation sites (tertiary alicyclic amines) is 1. The molecule has 4 saturated carbocycles. The van der Waals surface area contributed by atoms with Gasteiger partial charge in [-0.1, -0.05) is 59.2 Å². The fraction of sp³-hybridized carbons (Fsp3) is 0.732. The van der Waals surface area contributed by atoms with Crippen LogP contribution in [0.4, 0.5) is 4.79 Å². The number of amides is 2. The molecule has 1 heterocycles. The average Bonchev–Trinajstić information content (AvgIpc) is 3.66. The maximum Gasteiger partial charge on any atom is 0.407 e. The van der Waals surface area contributed by atoms with E-state index < -0.39 is 5.97 Å². The number of nitrogens with one attached hydrogen (secondary N) is 1. The van der Waals surface area contributed by atoms with Crippen LogP contribution < -0.4 is 5.32 Å². The Morgan fingerprint density at radius 2 is 1.67 bits per heavy atom. The predicted molar refractivity (Wildman–Crippen MR) is 187 cm³/mol. The van der Waals surface area contributed by atoms with Gasteiger partial charge in [-0.15, -0.1) is 0 Å². The van der Waals surface area contributed by atoms with E-state index in [0.717, 1.165) is 19.4 Å². The fourth-order valence-electron chi connectivity index (χ4n) is 13.4. The summed E-state index contributed by atoms with van der Waals surface area (Å²) in [7, 11) is 0. The van der Waals surface area contributed by atoms with Crippen molar-refractivity contribution in [1.82, 2.24) is 10.2 Å². The molecule has 262 valence electrons. The molecule has 1 saturated heterocycles. The highest BCUT2D eigenvalue weighted by Crippen LogP contribution is 2.77. The van der Waals surface area contributed by atoms with E-state index in [1.165, 1.54) is 68.9 Å². The van der Waals surface area contributed by atoms with E-state index in [9.17, 15) is 19.5 Å². The van der Waals surface area contributed by atoms with Crippen LogP contribution in [0.1, 0.15) is 128 Å². The van der Waals surface area contributed by atoms with Crippen LogP contribution >= 0.6 is 0 Å². The van der Waals surface area contributed by atoms with Crippen LogP contribution in [0.25, 0.3) is 5.57 Å². The second kappa shape index (κ2) is 11.9. The van der Waals surface area contributed by atoms with E-state index in [2.05, 4.69) is 46.0 Å². The Labute approximate surface area is 287 Å². The molecule has 48 heavy (non-hydrogen) atoms. The van der Waals surface area contributed by atoms with E-state index in [1.54, 1.807) is 17.0 Å². The van der Waals surface area contributed by atoms with Crippen molar-refractivity contribution in [2.75, 3.05) is 26.2 Å². The normalized spacial score (nSPS) is 39.8. The molecule has 1 aromatic rings. The number of fused-ring (bicyclic) bond motifs is 7. The van der Waals surface area contributed by atoms with Crippen LogP contribution in [0.5, 0.6) is 0 Å². The molecule has 0 radical (unpaired) electrons. The maximum absolute atomic E-state index is 12.8. The Hall–Kier alpha value is -2.83. The van der Waals surface area contributed by atoms with E-state index in [-0.39, 0.29) is 45.7 Å². The largest absolute Gasteiger partial charge is 0.478 e. The first-order valence-corrected chi connectivity index (χ1v) is 19.0. The summed E-state index contributed by atoms with van der Waals surface area (Å²) in [6.45, 7) is 15.1. The quantitative estimate of drug-likeness (QED) is 0.306. The number of carbonyl (C=O) groups is 3. The lowest BCUT2D eigenvalue weighted by atomic mass is 9.32. The highest BCUT2D eigenvalue weighted by Gasteiger charge is 2.69. The zero-order valence-corrected chi connectivity index (χ0v) is 30.0. The number of carbonyl (C=O) groups excluding carboxylic acids is 2. The lowest BCUT2D eigenvalue weighted by Gasteiger charge is -2.72. The minimum atomic E-state index is -0.874. The van der Waals surface area contributed by atoms with Crippen LogP contribution in [0.3, 0.4) is 0 Å². The summed E-state index contributed by atoms with van der Waals surface area (Å²) in [6.07, 6.45) is 16.0. The Bertz CT molecular complexity index is 1480. The van der Waals surface area contributed by atoms with Crippen molar-refractivity contribution < 1.29 is 24.2 Å². The minimum absolute atomic E-state index is 0.00821. The zero-order chi connectivity index (χ0) is 34.1. The third-order valence-corrected chi connectivity index (χ3v) is 15.9. The van der Waals surface area contributed by atoms with Crippen LogP contribution in [0, 0.1) is 50.7 Å². The van der Waals surface area contributed by atoms with Gasteiger partial charge in [0, 0.05) is 19.5 Å². The number of hydrogen-bond acceptors (Lipinski definition) is 4. The second-order valence-electron chi connectivity index (χ2n) is 17.9. The molecule has 7 nitrogen and oxygen atoms in total. The highest BCUT2D eigenvalue weighted by atomic mass is 16.5. The SMILES string of the molecule is CC1(C)C(c2ccc(C(=O)O)cc2)=CC[C@@]2(C)C1CC[C@]1(C)C2CC[C@@H]2C3CCC[C@]3(CNC(=O)OCCN3CCCC3=O)CC[C@]21C. The lowest BCUT2D eigenvalue weighted by Crippen LogP contribution is -2.65. The van der Waals surface area contributed by atoms with Gasteiger partial charge in [0.1, 0.15) is 6.61 Å². The molecule has 0 spiro atoms. The first kappa shape index (κ1) is 33.7. The van der Waals surface area contributed by atoms with Gasteiger partial charge in [-0.2, -0.15) is 0 Å². The molecule has 3 unspecified atom stereocenters. The van der Waals surface area contributed by atoms with Crippen molar-refractivity contribution in [3.05, 3.63) is 41.5 Å². The lowest BCUT2D eigenvalue weighted by molar-refractivity contribution is -0.222. The topological polar surface area (TPSA) is 95.9 Å². The van der Waals surface area contributed by atoms with Crippen molar-refractivity contribution >= 4 is 23.5 Å².